The average Bonchev–Trinajstić information content (AvgIpc) is 2.86. The van der Waals surface area contributed by atoms with E-state index in [-0.39, 0.29) is 35.5 Å². The molecule has 1 aliphatic heterocycles. The highest BCUT2D eigenvalue weighted by molar-refractivity contribution is 6.06. The van der Waals surface area contributed by atoms with Crippen LogP contribution in [0.5, 0.6) is 0 Å². The van der Waals surface area contributed by atoms with Crippen molar-refractivity contribution in [3.05, 3.63) is 25.3 Å². The smallest absolute Gasteiger partial charge is 0.233 e. The van der Waals surface area contributed by atoms with Gasteiger partial charge in [0.15, 0.2) is 0 Å². The zero-order valence-electron chi connectivity index (χ0n) is 11.8. The van der Waals surface area contributed by atoms with Gasteiger partial charge in [0, 0.05) is 6.54 Å². The minimum absolute atomic E-state index is 0.00454. The van der Waals surface area contributed by atoms with Crippen LogP contribution in [0.3, 0.4) is 0 Å². The fourth-order valence-corrected chi connectivity index (χ4v) is 3.38. The van der Waals surface area contributed by atoms with Gasteiger partial charge in [-0.05, 0) is 30.6 Å². The zero-order chi connectivity index (χ0) is 14.2. The molecular formula is C16H23NO2. The lowest BCUT2D eigenvalue weighted by Crippen LogP contribution is -2.34. The highest BCUT2D eigenvalue weighted by atomic mass is 16.2. The van der Waals surface area contributed by atoms with E-state index in [2.05, 4.69) is 27.0 Å². The Morgan fingerprint density at radius 1 is 1.16 bits per heavy atom. The standard InChI is InChI=1S/C16H23NO2/c1-5-11-9-12(6-2)14-13(11)15(18)17(16(14)19)8-7-10(3)4/h5-6,10-14H,1-2,7-9H2,3-4H3. The second kappa shape index (κ2) is 5.32. The molecule has 2 fully saturated rings. The van der Waals surface area contributed by atoms with Crippen molar-refractivity contribution in [2.75, 3.05) is 6.54 Å². The molecule has 0 aromatic rings. The van der Waals surface area contributed by atoms with Gasteiger partial charge in [-0.25, -0.2) is 0 Å². The molecule has 1 heterocycles. The van der Waals surface area contributed by atoms with E-state index in [1.54, 1.807) is 0 Å². The van der Waals surface area contributed by atoms with Crippen molar-refractivity contribution in [3.8, 4) is 0 Å². The second-order valence-electron chi connectivity index (χ2n) is 6.10. The fourth-order valence-electron chi connectivity index (χ4n) is 3.38. The Bertz CT molecular complexity index is 381. The van der Waals surface area contributed by atoms with Gasteiger partial charge in [0.1, 0.15) is 0 Å². The van der Waals surface area contributed by atoms with Gasteiger partial charge < -0.3 is 0 Å². The van der Waals surface area contributed by atoms with Gasteiger partial charge in [-0.3, -0.25) is 14.5 Å². The Balaban J connectivity index is 2.20. The van der Waals surface area contributed by atoms with E-state index in [1.165, 1.54) is 4.90 Å². The van der Waals surface area contributed by atoms with Gasteiger partial charge in [0.25, 0.3) is 0 Å². The van der Waals surface area contributed by atoms with Crippen molar-refractivity contribution in [3.63, 3.8) is 0 Å². The number of imide groups is 1. The molecule has 2 aliphatic rings. The van der Waals surface area contributed by atoms with Crippen LogP contribution >= 0.6 is 0 Å². The summed E-state index contributed by atoms with van der Waals surface area (Å²) in [6.45, 7) is 12.4. The average molecular weight is 261 g/mol. The van der Waals surface area contributed by atoms with E-state index in [4.69, 9.17) is 0 Å². The third kappa shape index (κ3) is 2.26. The molecule has 0 aromatic carbocycles. The van der Waals surface area contributed by atoms with Gasteiger partial charge >= 0.3 is 0 Å². The van der Waals surface area contributed by atoms with Crippen LogP contribution < -0.4 is 0 Å². The molecule has 3 heteroatoms. The van der Waals surface area contributed by atoms with Crippen molar-refractivity contribution < 1.29 is 9.59 Å². The van der Waals surface area contributed by atoms with Gasteiger partial charge in [-0.15, -0.1) is 13.2 Å². The van der Waals surface area contributed by atoms with E-state index in [0.29, 0.717) is 12.5 Å². The largest absolute Gasteiger partial charge is 0.282 e. The summed E-state index contributed by atoms with van der Waals surface area (Å²) in [6.07, 6.45) is 5.36. The number of hydrogen-bond acceptors (Lipinski definition) is 2. The Morgan fingerprint density at radius 3 is 2.00 bits per heavy atom. The predicted octanol–water partition coefficient (Wildman–Crippen LogP) is 2.64. The fraction of sp³-hybridized carbons (Fsp3) is 0.625. The molecule has 0 bridgehead atoms. The summed E-state index contributed by atoms with van der Waals surface area (Å²) < 4.78 is 0. The molecule has 3 nitrogen and oxygen atoms in total. The Kier molecular flexibility index (Phi) is 3.93. The number of rotatable bonds is 5. The van der Waals surface area contributed by atoms with E-state index < -0.39 is 0 Å². The molecule has 104 valence electrons. The third-order valence-corrected chi connectivity index (χ3v) is 4.49. The van der Waals surface area contributed by atoms with E-state index >= 15 is 0 Å². The minimum atomic E-state index is -0.194. The van der Waals surface area contributed by atoms with Crippen molar-refractivity contribution in [1.29, 1.82) is 0 Å². The molecule has 2 rings (SSSR count). The molecule has 4 unspecified atom stereocenters. The number of fused-ring (bicyclic) bond motifs is 1. The quantitative estimate of drug-likeness (QED) is 0.563. The molecule has 1 aliphatic carbocycles. The van der Waals surface area contributed by atoms with E-state index in [9.17, 15) is 9.59 Å². The predicted molar refractivity (Wildman–Crippen MR) is 75.1 cm³/mol. The molecule has 0 N–H and O–H groups in total. The zero-order valence-corrected chi connectivity index (χ0v) is 11.8. The van der Waals surface area contributed by atoms with Crippen molar-refractivity contribution >= 4 is 11.8 Å². The number of amides is 2. The normalized spacial score (nSPS) is 33.9. The first kappa shape index (κ1) is 14.0. The maximum atomic E-state index is 12.5. The second-order valence-corrected chi connectivity index (χ2v) is 6.10. The van der Waals surface area contributed by atoms with E-state index in [1.807, 2.05) is 12.2 Å². The van der Waals surface area contributed by atoms with Crippen molar-refractivity contribution in [1.82, 2.24) is 4.90 Å². The lowest BCUT2D eigenvalue weighted by molar-refractivity contribution is -0.140. The number of carbonyl (C=O) groups excluding carboxylic acids is 2. The van der Waals surface area contributed by atoms with Crippen LogP contribution in [0.2, 0.25) is 0 Å². The SMILES string of the molecule is C=CC1CC(C=C)C2C(=O)N(CCC(C)C)C(=O)C12. The number of likely N-dealkylation sites (tertiary alicyclic amines) is 1. The van der Waals surface area contributed by atoms with Gasteiger partial charge in [0.05, 0.1) is 11.8 Å². The lowest BCUT2D eigenvalue weighted by Gasteiger charge is -2.19. The van der Waals surface area contributed by atoms with Gasteiger partial charge in [-0.2, -0.15) is 0 Å². The van der Waals surface area contributed by atoms with E-state index in [0.717, 1.165) is 12.8 Å². The summed E-state index contributed by atoms with van der Waals surface area (Å²) in [5.74, 6) is 0.351. The van der Waals surface area contributed by atoms with Crippen molar-refractivity contribution in [2.24, 2.45) is 29.6 Å². The van der Waals surface area contributed by atoms with Crippen LogP contribution in [0.25, 0.3) is 0 Å². The molecule has 0 aromatic heterocycles. The van der Waals surface area contributed by atoms with Crippen molar-refractivity contribution in [2.45, 2.75) is 26.7 Å². The summed E-state index contributed by atoms with van der Waals surface area (Å²) in [7, 11) is 0. The summed E-state index contributed by atoms with van der Waals surface area (Å²) in [6, 6.07) is 0. The molecule has 1 saturated carbocycles. The first-order valence-electron chi connectivity index (χ1n) is 7.11. The van der Waals surface area contributed by atoms with Crippen LogP contribution in [0.1, 0.15) is 26.7 Å². The van der Waals surface area contributed by atoms with Crippen LogP contribution in [-0.4, -0.2) is 23.3 Å². The monoisotopic (exact) mass is 261 g/mol. The highest BCUT2D eigenvalue weighted by Gasteiger charge is 2.56. The summed E-state index contributed by atoms with van der Waals surface area (Å²) in [4.78, 5) is 26.4. The lowest BCUT2D eigenvalue weighted by atomic mass is 9.89. The number of allylic oxidation sites excluding steroid dienone is 2. The van der Waals surface area contributed by atoms with Crippen LogP contribution in [0.15, 0.2) is 25.3 Å². The first-order chi connectivity index (χ1) is 9.01. The summed E-state index contributed by atoms with van der Waals surface area (Å²) in [5, 5.41) is 0. The molecule has 0 spiro atoms. The Morgan fingerprint density at radius 2 is 1.63 bits per heavy atom. The molecule has 2 amide bonds. The minimum Gasteiger partial charge on any atom is -0.282 e. The van der Waals surface area contributed by atoms with Crippen LogP contribution in [-0.2, 0) is 9.59 Å². The summed E-state index contributed by atoms with van der Waals surface area (Å²) >= 11 is 0. The first-order valence-corrected chi connectivity index (χ1v) is 7.11. The highest BCUT2D eigenvalue weighted by Crippen LogP contribution is 2.48. The molecule has 4 atom stereocenters. The molecule has 19 heavy (non-hydrogen) atoms. The third-order valence-electron chi connectivity index (χ3n) is 4.49. The Labute approximate surface area is 115 Å². The summed E-state index contributed by atoms with van der Waals surface area (Å²) in [5.41, 5.74) is 0. The Hall–Kier alpha value is -1.38. The van der Waals surface area contributed by atoms with Crippen LogP contribution in [0, 0.1) is 29.6 Å². The number of hydrogen-bond donors (Lipinski definition) is 0. The number of nitrogens with zero attached hydrogens (tertiary/aromatic N) is 1. The topological polar surface area (TPSA) is 37.4 Å². The number of carbonyl (C=O) groups is 2. The van der Waals surface area contributed by atoms with Crippen LogP contribution in [0.4, 0.5) is 0 Å². The maximum Gasteiger partial charge on any atom is 0.233 e. The molecule has 0 radical (unpaired) electrons. The molecular weight excluding hydrogens is 238 g/mol. The maximum absolute atomic E-state index is 12.5. The van der Waals surface area contributed by atoms with Gasteiger partial charge in [-0.1, -0.05) is 26.0 Å². The molecule has 1 saturated heterocycles. The van der Waals surface area contributed by atoms with Gasteiger partial charge in [0.2, 0.25) is 11.8 Å².